The van der Waals surface area contributed by atoms with Crippen LogP contribution >= 0.6 is 12.4 Å². The first-order chi connectivity index (χ1) is 9.67. The van der Waals surface area contributed by atoms with E-state index in [0.717, 1.165) is 25.9 Å². The van der Waals surface area contributed by atoms with Gasteiger partial charge in [0.25, 0.3) is 5.91 Å². The molecule has 0 bridgehead atoms. The van der Waals surface area contributed by atoms with Crippen LogP contribution in [-0.2, 0) is 9.63 Å². The summed E-state index contributed by atoms with van der Waals surface area (Å²) in [5, 5.41) is 9.81. The minimum atomic E-state index is -0.387. The zero-order chi connectivity index (χ0) is 14.0. The van der Waals surface area contributed by atoms with Gasteiger partial charge in [0, 0.05) is 24.9 Å². The second-order valence-electron chi connectivity index (χ2n) is 5.20. The molecule has 2 aliphatic rings. The van der Waals surface area contributed by atoms with E-state index in [0.29, 0.717) is 17.8 Å². The largest absolute Gasteiger partial charge is 0.388 e. The maximum atomic E-state index is 13.1. The maximum Gasteiger partial charge on any atom is 0.273 e. The first-order valence-corrected chi connectivity index (χ1v) is 6.70. The Bertz CT molecular complexity index is 559. The Labute approximate surface area is 128 Å². The van der Waals surface area contributed by atoms with Gasteiger partial charge in [0.1, 0.15) is 17.1 Å². The van der Waals surface area contributed by atoms with Crippen LogP contribution in [0.3, 0.4) is 0 Å². The quantitative estimate of drug-likeness (QED) is 0.879. The third-order valence-electron chi connectivity index (χ3n) is 3.70. The van der Waals surface area contributed by atoms with E-state index < -0.39 is 0 Å². The second-order valence-corrected chi connectivity index (χ2v) is 5.20. The van der Waals surface area contributed by atoms with E-state index >= 15 is 0 Å². The molecule has 1 aromatic carbocycles. The van der Waals surface area contributed by atoms with Crippen molar-refractivity contribution in [2.45, 2.75) is 24.9 Å². The number of carbonyl (C=O) groups is 1. The van der Waals surface area contributed by atoms with Crippen molar-refractivity contribution in [3.63, 3.8) is 0 Å². The smallest absolute Gasteiger partial charge is 0.273 e. The van der Waals surface area contributed by atoms with Gasteiger partial charge < -0.3 is 15.5 Å². The summed E-state index contributed by atoms with van der Waals surface area (Å²) in [6.07, 6.45) is 2.19. The number of hydrogen-bond donors (Lipinski definition) is 2. The molecule has 3 rings (SSSR count). The van der Waals surface area contributed by atoms with Gasteiger partial charge in [-0.3, -0.25) is 4.79 Å². The molecular formula is C14H17ClFN3O2. The number of oxime groups is 1. The van der Waals surface area contributed by atoms with E-state index in [1.165, 1.54) is 12.1 Å². The Morgan fingerprint density at radius 2 is 2.14 bits per heavy atom. The number of carbonyl (C=O) groups excluding carboxylic acids is 1. The van der Waals surface area contributed by atoms with Gasteiger partial charge in [-0.1, -0.05) is 11.2 Å². The fraction of sp³-hybridized carbons (Fsp3) is 0.429. The number of anilines is 1. The highest BCUT2D eigenvalue weighted by Crippen LogP contribution is 2.32. The highest BCUT2D eigenvalue weighted by atomic mass is 35.5. The Morgan fingerprint density at radius 3 is 2.86 bits per heavy atom. The van der Waals surface area contributed by atoms with Crippen molar-refractivity contribution in [2.24, 2.45) is 5.16 Å². The van der Waals surface area contributed by atoms with Crippen molar-refractivity contribution in [3.8, 4) is 0 Å². The van der Waals surface area contributed by atoms with E-state index in [1.54, 1.807) is 12.1 Å². The summed E-state index contributed by atoms with van der Waals surface area (Å²) in [4.78, 5) is 17.6. The Hall–Kier alpha value is -1.66. The highest BCUT2D eigenvalue weighted by molar-refractivity contribution is 6.43. The van der Waals surface area contributed by atoms with Crippen molar-refractivity contribution < 1.29 is 14.0 Å². The molecule has 7 heteroatoms. The third kappa shape index (κ3) is 3.51. The van der Waals surface area contributed by atoms with Crippen LogP contribution in [0.15, 0.2) is 29.4 Å². The molecule has 1 fully saturated rings. The third-order valence-corrected chi connectivity index (χ3v) is 3.70. The zero-order valence-electron chi connectivity index (χ0n) is 11.4. The summed E-state index contributed by atoms with van der Waals surface area (Å²) >= 11 is 0. The number of nitrogens with one attached hydrogen (secondary N) is 2. The van der Waals surface area contributed by atoms with Crippen LogP contribution in [-0.4, -0.2) is 30.3 Å². The van der Waals surface area contributed by atoms with Gasteiger partial charge in [-0.15, -0.1) is 12.4 Å². The van der Waals surface area contributed by atoms with Gasteiger partial charge in [-0.05, 0) is 31.3 Å². The minimum absolute atomic E-state index is 0. The molecular weight excluding hydrogens is 297 g/mol. The summed E-state index contributed by atoms with van der Waals surface area (Å²) in [5.74, 6) is -0.715. The molecule has 1 aromatic rings. The normalized spacial score (nSPS) is 19.4. The van der Waals surface area contributed by atoms with Gasteiger partial charge in [-0.25, -0.2) is 4.39 Å². The Balaban J connectivity index is 0.00000161. The predicted molar refractivity (Wildman–Crippen MR) is 80.2 cm³/mol. The van der Waals surface area contributed by atoms with Crippen molar-refractivity contribution >= 4 is 29.7 Å². The summed E-state index contributed by atoms with van der Waals surface area (Å²) in [7, 11) is 0. The van der Waals surface area contributed by atoms with Crippen LogP contribution in [0.5, 0.6) is 0 Å². The molecule has 1 saturated heterocycles. The van der Waals surface area contributed by atoms with E-state index in [4.69, 9.17) is 4.84 Å². The molecule has 21 heavy (non-hydrogen) atoms. The number of piperidine rings is 1. The number of nitrogens with zero attached hydrogens (tertiary/aromatic N) is 1. The summed E-state index contributed by atoms with van der Waals surface area (Å²) in [6, 6.07) is 5.79. The van der Waals surface area contributed by atoms with Crippen LogP contribution in [0.2, 0.25) is 0 Å². The molecule has 0 saturated carbocycles. The van der Waals surface area contributed by atoms with E-state index in [9.17, 15) is 9.18 Å². The number of halogens is 2. The number of hydrogen-bond acceptors (Lipinski definition) is 4. The van der Waals surface area contributed by atoms with Crippen LogP contribution in [0, 0.1) is 5.82 Å². The van der Waals surface area contributed by atoms with Crippen molar-refractivity contribution in [1.82, 2.24) is 5.32 Å². The van der Waals surface area contributed by atoms with Crippen LogP contribution in [0.25, 0.3) is 0 Å². The van der Waals surface area contributed by atoms with Gasteiger partial charge in [0.2, 0.25) is 0 Å². The maximum absolute atomic E-state index is 13.1. The molecule has 0 aliphatic carbocycles. The molecule has 5 nitrogen and oxygen atoms in total. The molecule has 114 valence electrons. The van der Waals surface area contributed by atoms with Gasteiger partial charge >= 0.3 is 0 Å². The second kappa shape index (κ2) is 6.41. The lowest BCUT2D eigenvalue weighted by Gasteiger charge is -2.30. The summed E-state index contributed by atoms with van der Waals surface area (Å²) in [5.41, 5.74) is 0.458. The van der Waals surface area contributed by atoms with Crippen LogP contribution in [0.1, 0.15) is 19.3 Å². The van der Waals surface area contributed by atoms with Crippen molar-refractivity contribution in [1.29, 1.82) is 0 Å². The van der Waals surface area contributed by atoms with Crippen LogP contribution in [0.4, 0.5) is 10.1 Å². The molecule has 1 amide bonds. The standard InChI is InChI=1S/C14H16FN3O2.ClH/c15-10-2-1-3-11(8-10)17-13(19)12-9-14(20-18-12)4-6-16-7-5-14;/h1-3,8,16H,4-7,9H2,(H,17,19);1H. The fourth-order valence-electron chi connectivity index (χ4n) is 2.56. The zero-order valence-corrected chi connectivity index (χ0v) is 12.2. The fourth-order valence-corrected chi connectivity index (χ4v) is 2.56. The van der Waals surface area contributed by atoms with Crippen molar-refractivity contribution in [2.75, 3.05) is 18.4 Å². The lowest BCUT2D eigenvalue weighted by Crippen LogP contribution is -2.42. The Morgan fingerprint density at radius 1 is 1.38 bits per heavy atom. The number of rotatable bonds is 2. The highest BCUT2D eigenvalue weighted by Gasteiger charge is 2.42. The molecule has 0 aromatic heterocycles. The van der Waals surface area contributed by atoms with Crippen molar-refractivity contribution in [3.05, 3.63) is 30.1 Å². The van der Waals surface area contributed by atoms with E-state index in [1.807, 2.05) is 0 Å². The lowest BCUT2D eigenvalue weighted by atomic mass is 9.87. The molecule has 1 spiro atoms. The molecule has 0 radical (unpaired) electrons. The average molecular weight is 314 g/mol. The summed E-state index contributed by atoms with van der Waals surface area (Å²) < 4.78 is 13.1. The molecule has 0 atom stereocenters. The number of amides is 1. The van der Waals surface area contributed by atoms with Gasteiger partial charge in [0.05, 0.1) is 0 Å². The molecule has 2 heterocycles. The summed E-state index contributed by atoms with van der Waals surface area (Å²) in [6.45, 7) is 1.74. The van der Waals surface area contributed by atoms with Crippen LogP contribution < -0.4 is 10.6 Å². The average Bonchev–Trinajstić information content (AvgIpc) is 2.83. The topological polar surface area (TPSA) is 62.7 Å². The van der Waals surface area contributed by atoms with E-state index in [-0.39, 0.29) is 29.7 Å². The molecule has 0 unspecified atom stereocenters. The van der Waals surface area contributed by atoms with Gasteiger partial charge in [-0.2, -0.15) is 0 Å². The first-order valence-electron chi connectivity index (χ1n) is 6.70. The monoisotopic (exact) mass is 313 g/mol. The molecule has 2 N–H and O–H groups in total. The first kappa shape index (κ1) is 15.7. The SMILES string of the molecule is Cl.O=C(Nc1cccc(F)c1)C1=NOC2(CCNCC2)C1. The molecule has 2 aliphatic heterocycles. The Kier molecular flexibility index (Phi) is 4.80. The van der Waals surface area contributed by atoms with E-state index in [2.05, 4.69) is 15.8 Å². The minimum Gasteiger partial charge on any atom is -0.388 e. The number of benzene rings is 1. The lowest BCUT2D eigenvalue weighted by molar-refractivity contribution is -0.110. The van der Waals surface area contributed by atoms with Gasteiger partial charge in [0.15, 0.2) is 0 Å². The predicted octanol–water partition coefficient (Wildman–Crippen LogP) is 2.08.